The van der Waals surface area contributed by atoms with Crippen LogP contribution in [0.1, 0.15) is 52.8 Å². The lowest BCUT2D eigenvalue weighted by Crippen LogP contribution is -2.43. The van der Waals surface area contributed by atoms with E-state index >= 15 is 0 Å². The van der Waals surface area contributed by atoms with Crippen molar-refractivity contribution < 1.29 is 23.8 Å². The van der Waals surface area contributed by atoms with Crippen LogP contribution in [0.3, 0.4) is 0 Å². The molecule has 1 saturated heterocycles. The molecule has 2 aromatic heterocycles. The lowest BCUT2D eigenvalue weighted by Gasteiger charge is -2.31. The Bertz CT molecular complexity index is 1440. The number of nitrogens with zero attached hydrogens (tertiary/aromatic N) is 5. The second-order valence-corrected chi connectivity index (χ2v) is 11.5. The van der Waals surface area contributed by atoms with E-state index in [1.807, 2.05) is 17.9 Å². The smallest absolute Gasteiger partial charge is 0.270 e. The van der Waals surface area contributed by atoms with E-state index in [1.165, 1.54) is 23.8 Å². The standard InChI is InChI=1S/C30H37N7O5/c1-18-28(42-17-34-18)15-41-25-4-3-21-12-36(6-5-20(21)8-25)14-24(39)11-31-30(40)27-10-29(33-16-32-27)35-26-9-23-7-22(26)13-37(23)19(2)38/h3-4,8,10,16-17,22-24,26,39H,5-7,9,11-15H2,1-2H3,(H,31,40)(H,32,33,35)/t22?,23?,24-,26?/m0/s1. The number of carbonyl (C=O) groups excluding carboxylic acids is 2. The number of aliphatic hydroxyl groups is 1. The molecule has 1 saturated carbocycles. The number of β-amino-alcohol motifs (C(OH)–C–C–N with tert-alkyl or cyclic N) is 1. The van der Waals surface area contributed by atoms with Gasteiger partial charge >= 0.3 is 0 Å². The average molecular weight is 576 g/mol. The van der Waals surface area contributed by atoms with Crippen molar-refractivity contribution >= 4 is 17.6 Å². The van der Waals surface area contributed by atoms with Gasteiger partial charge in [-0.2, -0.15) is 0 Å². The molecule has 42 heavy (non-hydrogen) atoms. The normalized spacial score (nSPS) is 22.1. The maximum absolute atomic E-state index is 12.8. The van der Waals surface area contributed by atoms with Crippen molar-refractivity contribution in [3.8, 4) is 5.75 Å². The van der Waals surface area contributed by atoms with Crippen LogP contribution < -0.4 is 15.4 Å². The quantitative estimate of drug-likeness (QED) is 0.328. The molecule has 0 radical (unpaired) electrons. The molecule has 2 bridgehead atoms. The Hall–Kier alpha value is -4.03. The minimum Gasteiger partial charge on any atom is -0.486 e. The van der Waals surface area contributed by atoms with Crippen LogP contribution in [0.2, 0.25) is 0 Å². The fourth-order valence-corrected chi connectivity index (χ4v) is 6.38. The first-order chi connectivity index (χ1) is 20.3. The van der Waals surface area contributed by atoms with Crippen molar-refractivity contribution in [2.45, 2.75) is 64.4 Å². The Labute approximate surface area is 244 Å². The molecule has 1 aliphatic carbocycles. The van der Waals surface area contributed by atoms with Crippen molar-refractivity contribution in [3.63, 3.8) is 0 Å². The van der Waals surface area contributed by atoms with Gasteiger partial charge in [-0.3, -0.25) is 14.5 Å². The number of oxazole rings is 1. The number of rotatable bonds is 10. The number of piperidine rings is 1. The molecule has 1 aromatic carbocycles. The van der Waals surface area contributed by atoms with Crippen LogP contribution in [0.25, 0.3) is 0 Å². The van der Waals surface area contributed by atoms with Gasteiger partial charge in [0, 0.05) is 57.8 Å². The molecule has 222 valence electrons. The summed E-state index contributed by atoms with van der Waals surface area (Å²) in [4.78, 5) is 41.2. The summed E-state index contributed by atoms with van der Waals surface area (Å²) in [6, 6.07) is 8.22. The predicted octanol–water partition coefficient (Wildman–Crippen LogP) is 1.92. The van der Waals surface area contributed by atoms with Gasteiger partial charge in [0.2, 0.25) is 5.91 Å². The Morgan fingerprint density at radius 3 is 2.83 bits per heavy atom. The van der Waals surface area contributed by atoms with Gasteiger partial charge in [0.05, 0.1) is 11.8 Å². The van der Waals surface area contributed by atoms with E-state index in [2.05, 4.69) is 42.6 Å². The Balaban J connectivity index is 0.951. The van der Waals surface area contributed by atoms with Gasteiger partial charge in [0.25, 0.3) is 5.91 Å². The van der Waals surface area contributed by atoms with E-state index in [0.29, 0.717) is 24.9 Å². The molecule has 0 spiro atoms. The highest BCUT2D eigenvalue weighted by molar-refractivity contribution is 5.92. The average Bonchev–Trinajstić information content (AvgIpc) is 3.71. The Kier molecular flexibility index (Phi) is 8.07. The lowest BCUT2D eigenvalue weighted by atomic mass is 9.99. The van der Waals surface area contributed by atoms with Crippen LogP contribution in [0.4, 0.5) is 5.82 Å². The summed E-state index contributed by atoms with van der Waals surface area (Å²) in [6.45, 7) is 6.69. The Morgan fingerprint density at radius 1 is 1.19 bits per heavy atom. The van der Waals surface area contributed by atoms with Crippen LogP contribution in [0.15, 0.2) is 41.4 Å². The number of amides is 2. The summed E-state index contributed by atoms with van der Waals surface area (Å²) in [6.07, 6.45) is 4.79. The molecule has 3 unspecified atom stereocenters. The van der Waals surface area contributed by atoms with Crippen molar-refractivity contribution in [3.05, 3.63) is 65.3 Å². The number of aryl methyl sites for hydroxylation is 1. The Morgan fingerprint density at radius 2 is 2.07 bits per heavy atom. The number of nitrogens with one attached hydrogen (secondary N) is 2. The molecular weight excluding hydrogens is 538 g/mol. The minimum atomic E-state index is -0.721. The monoisotopic (exact) mass is 575 g/mol. The van der Waals surface area contributed by atoms with Gasteiger partial charge in [0.1, 0.15) is 30.2 Å². The fraction of sp³-hybridized carbons (Fsp3) is 0.500. The first kappa shape index (κ1) is 28.1. The molecule has 3 aromatic rings. The summed E-state index contributed by atoms with van der Waals surface area (Å²) >= 11 is 0. The SMILES string of the molecule is CC(=O)N1CC2CC1CC2Nc1cc(C(=O)NC[C@H](O)CN2CCc3cc(OCc4ocnc4C)ccc3C2)ncn1. The number of aliphatic hydroxyl groups excluding tert-OH is 1. The zero-order chi connectivity index (χ0) is 29.2. The number of carbonyl (C=O) groups is 2. The van der Waals surface area contributed by atoms with Crippen LogP contribution in [-0.2, 0) is 24.4 Å². The second-order valence-electron chi connectivity index (χ2n) is 11.5. The van der Waals surface area contributed by atoms with Crippen LogP contribution in [0.5, 0.6) is 5.75 Å². The number of benzene rings is 1. The summed E-state index contributed by atoms with van der Waals surface area (Å²) < 4.78 is 11.2. The highest BCUT2D eigenvalue weighted by Gasteiger charge is 2.45. The van der Waals surface area contributed by atoms with Gasteiger partial charge in [-0.05, 0) is 55.4 Å². The van der Waals surface area contributed by atoms with E-state index in [9.17, 15) is 14.7 Å². The molecule has 6 rings (SSSR count). The van der Waals surface area contributed by atoms with Crippen molar-refractivity contribution in [2.24, 2.45) is 5.92 Å². The van der Waals surface area contributed by atoms with Gasteiger partial charge in [0.15, 0.2) is 12.2 Å². The number of aromatic nitrogens is 3. The van der Waals surface area contributed by atoms with E-state index in [-0.39, 0.29) is 36.1 Å². The number of fused-ring (bicyclic) bond motifs is 3. The fourth-order valence-electron chi connectivity index (χ4n) is 6.38. The summed E-state index contributed by atoms with van der Waals surface area (Å²) in [5, 5.41) is 16.9. The third kappa shape index (κ3) is 6.24. The lowest BCUT2D eigenvalue weighted by molar-refractivity contribution is -0.130. The van der Waals surface area contributed by atoms with Crippen molar-refractivity contribution in [2.75, 3.05) is 31.5 Å². The molecule has 4 heterocycles. The van der Waals surface area contributed by atoms with Crippen molar-refractivity contribution in [1.29, 1.82) is 0 Å². The predicted molar refractivity (Wildman–Crippen MR) is 153 cm³/mol. The maximum atomic E-state index is 12.8. The number of ether oxygens (including phenoxy) is 1. The van der Waals surface area contributed by atoms with E-state index in [0.717, 1.165) is 56.1 Å². The summed E-state index contributed by atoms with van der Waals surface area (Å²) in [7, 11) is 0. The maximum Gasteiger partial charge on any atom is 0.270 e. The molecule has 3 N–H and O–H groups in total. The highest BCUT2D eigenvalue weighted by Crippen LogP contribution is 2.39. The van der Waals surface area contributed by atoms with E-state index in [1.54, 1.807) is 13.0 Å². The van der Waals surface area contributed by atoms with Crippen molar-refractivity contribution in [1.82, 2.24) is 30.1 Å². The van der Waals surface area contributed by atoms with Gasteiger partial charge in [-0.1, -0.05) is 6.07 Å². The van der Waals surface area contributed by atoms with E-state index in [4.69, 9.17) is 9.15 Å². The number of hydrogen-bond acceptors (Lipinski definition) is 10. The van der Waals surface area contributed by atoms with Crippen LogP contribution in [0, 0.1) is 12.8 Å². The number of anilines is 1. The molecule has 2 amide bonds. The molecule has 12 heteroatoms. The molecular formula is C30H37N7O5. The second kappa shape index (κ2) is 12.1. The topological polar surface area (TPSA) is 146 Å². The minimum absolute atomic E-state index is 0.121. The first-order valence-corrected chi connectivity index (χ1v) is 14.5. The van der Waals surface area contributed by atoms with Gasteiger partial charge in [-0.15, -0.1) is 0 Å². The molecule has 4 atom stereocenters. The first-order valence-electron chi connectivity index (χ1n) is 14.5. The van der Waals surface area contributed by atoms with Gasteiger partial charge < -0.3 is 29.8 Å². The van der Waals surface area contributed by atoms with Crippen LogP contribution >= 0.6 is 0 Å². The number of likely N-dealkylation sites (tertiary alicyclic amines) is 1. The number of hydrogen-bond donors (Lipinski definition) is 3. The van der Waals surface area contributed by atoms with Gasteiger partial charge in [-0.25, -0.2) is 15.0 Å². The zero-order valence-electron chi connectivity index (χ0n) is 24.0. The third-order valence-corrected chi connectivity index (χ3v) is 8.63. The molecule has 3 aliphatic rings. The third-order valence-electron chi connectivity index (χ3n) is 8.63. The van der Waals surface area contributed by atoms with Crippen LogP contribution in [-0.4, -0.2) is 86.0 Å². The largest absolute Gasteiger partial charge is 0.486 e. The molecule has 12 nitrogen and oxygen atoms in total. The zero-order valence-corrected chi connectivity index (χ0v) is 24.0. The highest BCUT2D eigenvalue weighted by atomic mass is 16.5. The van der Waals surface area contributed by atoms with E-state index < -0.39 is 6.10 Å². The molecule has 2 fully saturated rings. The summed E-state index contributed by atoms with van der Waals surface area (Å²) in [5.41, 5.74) is 3.51. The molecule has 2 aliphatic heterocycles. The summed E-state index contributed by atoms with van der Waals surface area (Å²) in [5.74, 6) is 2.26.